The third kappa shape index (κ3) is 14.8. The van der Waals surface area contributed by atoms with Crippen molar-refractivity contribution in [2.45, 2.75) is 180 Å². The Morgan fingerprint density at radius 2 is 0.957 bits per heavy atom. The molecule has 37 heteroatoms. The van der Waals surface area contributed by atoms with E-state index in [1.165, 1.54) is 18.4 Å². The van der Waals surface area contributed by atoms with Crippen molar-refractivity contribution in [1.82, 2.24) is 121 Å². The number of anilines is 3. The number of thioether (sulfide) groups is 3. The number of aliphatic hydroxyl groups excluding tert-OH is 6. The molecule has 0 saturated heterocycles. The zero-order chi connectivity index (χ0) is 65.2. The van der Waals surface area contributed by atoms with Gasteiger partial charge in [-0.05, 0) is 75.7 Å². The third-order valence-electron chi connectivity index (χ3n) is 17.2. The van der Waals surface area contributed by atoms with E-state index in [0.29, 0.717) is 116 Å². The maximum absolute atomic E-state index is 10.8. The number of hydrogen-bond acceptors (Lipinski definition) is 32. The lowest BCUT2D eigenvalue weighted by molar-refractivity contribution is 0.0137. The lowest BCUT2D eigenvalue weighted by Gasteiger charge is -2.17. The van der Waals surface area contributed by atoms with Gasteiger partial charge < -0.3 is 51.9 Å². The standard InChI is InChI=1S/C21H26N10O2S.C19H30N8O2S.C17H24N10O2S/c1-2-10-34-21-23-19(22-9-8-12-6-4-3-5-7-12)15-20(24-21)31(30-25-15)14-11-13(16(32)17(14)33)18-26-28-29-27-18;1-3-5-6-20-17-13-18(24-19(23-17)30-9-4-2)27(26-25-13)12-10-11(14(28)15(12)29)16-21-7-8-22-16;1-2-5-30-17-19-15(18-7-8-3-4-8)11-16(20-17)27(26-21-11)10-6-9(12(28)13(10)29)14-22-24-25-23-14/h3-7,13-14,16-17,32-33H,2,8-11H2,1H3,(H,22,23,24)(H,26,27,28,29);11-12,14-15,28-29H,3-10H2,1-2H3,(H,21,22)(H,20,23,24);8-10,12-13,28-29H,2-7H2,1H3,(H,18,19,20)(H,22,23,24,25)/t13-,14+,16+,17-;11-,12+,14+,15-;9-,10+,12+,13-/m000/s1. The Bertz CT molecular complexity index is 3920. The van der Waals surface area contributed by atoms with Crippen molar-refractivity contribution in [3.63, 3.8) is 0 Å². The number of fused-ring (bicyclic) bond motifs is 3. The highest BCUT2D eigenvalue weighted by molar-refractivity contribution is 7.99. The first-order valence-electron chi connectivity index (χ1n) is 32.3. The second kappa shape index (κ2) is 30.9. The van der Waals surface area contributed by atoms with Gasteiger partial charge >= 0.3 is 0 Å². The van der Waals surface area contributed by atoms with Gasteiger partial charge in [0.2, 0.25) is 0 Å². The van der Waals surface area contributed by atoms with E-state index in [0.717, 1.165) is 81.3 Å². The van der Waals surface area contributed by atoms with E-state index in [1.54, 1.807) is 49.3 Å². The number of aromatic nitrogens is 23. The first-order valence-corrected chi connectivity index (χ1v) is 35.3. The van der Waals surface area contributed by atoms with Crippen LogP contribution in [0.1, 0.15) is 139 Å². The van der Waals surface area contributed by atoms with Crippen LogP contribution in [0.25, 0.3) is 33.5 Å². The molecule has 9 heterocycles. The molecule has 4 aliphatic carbocycles. The molecule has 9 aromatic rings. The number of aliphatic imine (C=N–C) groups is 1. The van der Waals surface area contributed by atoms with Crippen molar-refractivity contribution < 1.29 is 30.6 Å². The third-order valence-corrected chi connectivity index (χ3v) is 20.3. The Kier molecular flexibility index (Phi) is 21.9. The minimum atomic E-state index is -1.08. The Morgan fingerprint density at radius 1 is 0.511 bits per heavy atom. The summed E-state index contributed by atoms with van der Waals surface area (Å²) < 4.78 is 4.84. The fourth-order valence-corrected chi connectivity index (χ4v) is 14.1. The van der Waals surface area contributed by atoms with E-state index in [4.69, 9.17) is 9.97 Å². The molecule has 0 unspecified atom stereocenters. The van der Waals surface area contributed by atoms with Crippen LogP contribution in [-0.4, -0.2) is 239 Å². The van der Waals surface area contributed by atoms with Gasteiger partial charge in [0.15, 0.2) is 78.1 Å². The minimum Gasteiger partial charge on any atom is -0.390 e. The summed E-state index contributed by atoms with van der Waals surface area (Å²) >= 11 is 4.73. The van der Waals surface area contributed by atoms with Crippen LogP contribution in [0, 0.1) is 11.8 Å². The molecule has 502 valence electrons. The van der Waals surface area contributed by atoms with Crippen LogP contribution in [0.3, 0.4) is 0 Å². The molecule has 1 aliphatic heterocycles. The van der Waals surface area contributed by atoms with Crippen molar-refractivity contribution in [1.29, 1.82) is 0 Å². The number of unbranched alkanes of at least 4 members (excludes halogenated alkanes) is 1. The Labute approximate surface area is 552 Å². The predicted molar refractivity (Wildman–Crippen MR) is 350 cm³/mol. The molecule has 0 radical (unpaired) electrons. The van der Waals surface area contributed by atoms with Crippen LogP contribution < -0.4 is 21.3 Å². The molecule has 4 saturated carbocycles. The molecule has 1 aromatic carbocycles. The highest BCUT2D eigenvalue weighted by Crippen LogP contribution is 2.44. The number of rotatable bonds is 26. The zero-order valence-corrected chi connectivity index (χ0v) is 55.0. The van der Waals surface area contributed by atoms with E-state index in [9.17, 15) is 30.6 Å². The molecule has 0 spiro atoms. The number of nitrogens with zero attached hydrogens (tertiary/aromatic N) is 22. The van der Waals surface area contributed by atoms with Crippen LogP contribution >= 0.6 is 35.3 Å². The molecule has 94 heavy (non-hydrogen) atoms. The van der Waals surface area contributed by atoms with Crippen molar-refractivity contribution in [2.24, 2.45) is 16.8 Å². The van der Waals surface area contributed by atoms with Crippen molar-refractivity contribution in [3.05, 3.63) is 47.5 Å². The molecule has 4 fully saturated rings. The molecule has 0 bridgehead atoms. The smallest absolute Gasteiger partial charge is 0.191 e. The lowest BCUT2D eigenvalue weighted by Crippen LogP contribution is -2.36. The van der Waals surface area contributed by atoms with Crippen molar-refractivity contribution >= 4 is 92.1 Å². The lowest BCUT2D eigenvalue weighted by atomic mass is 10.0. The van der Waals surface area contributed by atoms with E-state index in [1.807, 2.05) is 18.2 Å². The molecule has 12 N–H and O–H groups in total. The maximum atomic E-state index is 10.8. The quantitative estimate of drug-likeness (QED) is 0.0210. The molecule has 5 aliphatic rings. The van der Waals surface area contributed by atoms with E-state index < -0.39 is 66.6 Å². The normalized spacial score (nSPS) is 24.9. The maximum Gasteiger partial charge on any atom is 0.191 e. The van der Waals surface area contributed by atoms with Crippen LogP contribution in [0.15, 0.2) is 50.8 Å². The molecule has 34 nitrogen and oxygen atoms in total. The SMILES string of the molecule is CCCCNc1nc(SCCC)nc2c1nnn2[C@@H]1C[C@H](C2=NCCN2)[C@@H](O)[C@H]1O.CCCSc1nc(NCC2CC2)c2nnn([C@@H]3C[C@H](c4nn[nH]n4)[C@@H](O)[C@H]3O)c2n1.CCCSc1nc(NCCc2ccccc2)c2nnn([C@@H]3C[C@H](c4nn[nH]n4)[C@@H](O)[C@H]3O)c2n1. The molecule has 8 aromatic heterocycles. The van der Waals surface area contributed by atoms with Gasteiger partial charge in [0, 0.05) is 49.4 Å². The van der Waals surface area contributed by atoms with Gasteiger partial charge in [0.25, 0.3) is 0 Å². The van der Waals surface area contributed by atoms with E-state index in [2.05, 4.69) is 158 Å². The number of H-pyrrole nitrogens is 2. The van der Waals surface area contributed by atoms with Crippen molar-refractivity contribution in [2.75, 3.05) is 65.9 Å². The number of hydrogen-bond donors (Lipinski definition) is 12. The second-order valence-corrected chi connectivity index (χ2v) is 27.1. The summed E-state index contributed by atoms with van der Waals surface area (Å²) in [4.78, 5) is 32.5. The molecular formula is C57H80N28O6S3. The molecular weight excluding hydrogens is 1270 g/mol. The number of amidine groups is 1. The summed E-state index contributed by atoms with van der Waals surface area (Å²) in [6.45, 7) is 12.3. The zero-order valence-electron chi connectivity index (χ0n) is 52.6. The minimum absolute atomic E-state index is 0.246. The van der Waals surface area contributed by atoms with Gasteiger partial charge in [-0.3, -0.25) is 4.99 Å². The summed E-state index contributed by atoms with van der Waals surface area (Å²) in [7, 11) is 0. The topological polar surface area (TPSA) is 460 Å². The molecule has 12 atom stereocenters. The number of aliphatic hydroxyl groups is 6. The van der Waals surface area contributed by atoms with Gasteiger partial charge in [0.1, 0.15) is 24.1 Å². The van der Waals surface area contributed by atoms with Gasteiger partial charge in [-0.25, -0.2) is 43.9 Å². The van der Waals surface area contributed by atoms with Gasteiger partial charge in [0.05, 0.1) is 54.8 Å². The fourth-order valence-electron chi connectivity index (χ4n) is 12.0. The van der Waals surface area contributed by atoms with Crippen LogP contribution in [0.4, 0.5) is 17.5 Å². The first kappa shape index (κ1) is 66.5. The Morgan fingerprint density at radius 3 is 1.37 bits per heavy atom. The Balaban J connectivity index is 0.000000136. The highest BCUT2D eigenvalue weighted by atomic mass is 32.2. The predicted octanol–water partition coefficient (Wildman–Crippen LogP) is 3.07. The number of nitrogens with one attached hydrogen (secondary N) is 6. The summed E-state index contributed by atoms with van der Waals surface area (Å²) in [5, 5.41) is 133. The number of aromatic amines is 2. The average Bonchev–Trinajstić information content (AvgIpc) is 1.62. The van der Waals surface area contributed by atoms with E-state index in [-0.39, 0.29) is 5.92 Å². The first-order chi connectivity index (χ1) is 45.9. The Hall–Kier alpha value is -7.52. The van der Waals surface area contributed by atoms with Crippen molar-refractivity contribution in [3.8, 4) is 0 Å². The number of tetrazole rings is 2. The summed E-state index contributed by atoms with van der Waals surface area (Å²) in [6.07, 6.45) is 3.61. The summed E-state index contributed by atoms with van der Waals surface area (Å²) in [5.74, 6) is 5.64. The van der Waals surface area contributed by atoms with Gasteiger partial charge in [-0.1, -0.05) is 126 Å². The fraction of sp³-hybridized carbons (Fsp3) is 0.632. The van der Waals surface area contributed by atoms with Gasteiger partial charge in [-0.2, -0.15) is 10.4 Å². The average molecular weight is 1350 g/mol. The largest absolute Gasteiger partial charge is 0.390 e. The molecule has 0 amide bonds. The molecule has 14 rings (SSSR count). The van der Waals surface area contributed by atoms with Crippen LogP contribution in [0.5, 0.6) is 0 Å². The van der Waals surface area contributed by atoms with Gasteiger partial charge in [-0.15, -0.1) is 35.7 Å². The summed E-state index contributed by atoms with van der Waals surface area (Å²) in [5.41, 5.74) is 4.56. The highest BCUT2D eigenvalue weighted by Gasteiger charge is 2.49. The summed E-state index contributed by atoms with van der Waals surface area (Å²) in [6, 6.07) is 8.73. The van der Waals surface area contributed by atoms with E-state index >= 15 is 0 Å². The second-order valence-electron chi connectivity index (χ2n) is 23.9. The van der Waals surface area contributed by atoms with Crippen LogP contribution in [0.2, 0.25) is 0 Å². The number of benzene rings is 1. The van der Waals surface area contributed by atoms with Crippen LogP contribution in [-0.2, 0) is 6.42 Å². The monoisotopic (exact) mass is 1350 g/mol.